The fraction of sp³-hybridized carbons (Fsp3) is 0.160. The number of thiophene rings is 1. The molecule has 0 radical (unpaired) electrons. The lowest BCUT2D eigenvalue weighted by Gasteiger charge is -2.35. The van der Waals surface area contributed by atoms with E-state index in [2.05, 4.69) is 21.5 Å². The van der Waals surface area contributed by atoms with Gasteiger partial charge in [0.2, 0.25) is 5.82 Å². The van der Waals surface area contributed by atoms with E-state index in [1.807, 2.05) is 60.8 Å². The van der Waals surface area contributed by atoms with Gasteiger partial charge in [0, 0.05) is 27.7 Å². The van der Waals surface area contributed by atoms with Gasteiger partial charge in [0.1, 0.15) is 0 Å². The summed E-state index contributed by atoms with van der Waals surface area (Å²) in [5.41, 5.74) is 3.35. The van der Waals surface area contributed by atoms with Crippen molar-refractivity contribution in [2.75, 3.05) is 6.54 Å². The van der Waals surface area contributed by atoms with E-state index >= 15 is 0 Å². The van der Waals surface area contributed by atoms with Gasteiger partial charge in [0.15, 0.2) is 0 Å². The smallest absolute Gasteiger partial charge is 0.322 e. The van der Waals surface area contributed by atoms with Crippen LogP contribution in [-0.2, 0) is 6.42 Å². The van der Waals surface area contributed by atoms with Gasteiger partial charge in [-0.3, -0.25) is 4.90 Å². The molecule has 1 N–H and O–H groups in total. The van der Waals surface area contributed by atoms with Crippen LogP contribution >= 0.6 is 22.9 Å². The molecule has 0 saturated carbocycles. The number of nitrogens with one attached hydrogen (secondary N) is 1. The van der Waals surface area contributed by atoms with Crippen LogP contribution in [0.15, 0.2) is 82.3 Å². The quantitative estimate of drug-likeness (QED) is 0.360. The molecule has 4 aromatic rings. The lowest BCUT2D eigenvalue weighted by molar-refractivity contribution is 0.205. The number of carbonyl (C=O) groups is 1. The summed E-state index contributed by atoms with van der Waals surface area (Å²) in [6.07, 6.45) is 0.769. The predicted octanol–water partition coefficient (Wildman–Crippen LogP) is 6.19. The number of allylic oxidation sites excluding steroid dienone is 1. The molecule has 0 fully saturated rings. The van der Waals surface area contributed by atoms with Gasteiger partial charge < -0.3 is 9.84 Å². The average Bonchev–Trinajstić information content (AvgIpc) is 3.52. The molecule has 2 aromatic carbocycles. The van der Waals surface area contributed by atoms with Gasteiger partial charge in [-0.1, -0.05) is 53.2 Å². The van der Waals surface area contributed by atoms with Crippen LogP contribution in [0.3, 0.4) is 0 Å². The van der Waals surface area contributed by atoms with Crippen molar-refractivity contribution < 1.29 is 9.32 Å². The van der Waals surface area contributed by atoms with Crippen LogP contribution < -0.4 is 5.32 Å². The Labute approximate surface area is 200 Å². The summed E-state index contributed by atoms with van der Waals surface area (Å²) in [7, 11) is 0. The number of amides is 2. The van der Waals surface area contributed by atoms with E-state index in [-0.39, 0.29) is 6.03 Å². The zero-order valence-electron chi connectivity index (χ0n) is 17.9. The van der Waals surface area contributed by atoms with Crippen molar-refractivity contribution in [3.8, 4) is 11.4 Å². The molecule has 2 aromatic heterocycles. The molecular formula is C25H21ClN4O2S. The Hall–Kier alpha value is -3.42. The maximum absolute atomic E-state index is 13.1. The fourth-order valence-electron chi connectivity index (χ4n) is 3.95. The molecule has 8 heteroatoms. The third-order valence-corrected chi connectivity index (χ3v) is 6.84. The second kappa shape index (κ2) is 9.21. The Kier molecular flexibility index (Phi) is 5.98. The second-order valence-corrected chi connectivity index (χ2v) is 9.17. The molecule has 166 valence electrons. The number of hydrogen-bond acceptors (Lipinski definition) is 5. The molecule has 3 heterocycles. The van der Waals surface area contributed by atoms with Crippen LogP contribution in [0.4, 0.5) is 4.79 Å². The van der Waals surface area contributed by atoms with Crippen LogP contribution in [0, 0.1) is 0 Å². The molecule has 0 spiro atoms. The maximum atomic E-state index is 13.1. The Morgan fingerprint density at radius 1 is 1.09 bits per heavy atom. The summed E-state index contributed by atoms with van der Waals surface area (Å²) in [4.78, 5) is 20.7. The van der Waals surface area contributed by atoms with Gasteiger partial charge in [-0.2, -0.15) is 4.98 Å². The second-order valence-electron chi connectivity index (χ2n) is 7.70. The van der Waals surface area contributed by atoms with Crippen molar-refractivity contribution in [3.05, 3.63) is 99.2 Å². The standard InChI is InChI=1S/C25H21ClN4O2S/c1-16-21(24-28-23(29-32-24)18-9-11-19(26)12-10-18)22(17-6-3-2-4-7-17)27-25(31)30(16)14-13-20-8-5-15-33-20/h2-12,15,22H,13-14H2,1H3,(H,27,31). The van der Waals surface area contributed by atoms with Crippen molar-refractivity contribution in [2.24, 2.45) is 0 Å². The van der Waals surface area contributed by atoms with Gasteiger partial charge in [0.05, 0.1) is 11.6 Å². The highest BCUT2D eigenvalue weighted by Crippen LogP contribution is 2.37. The van der Waals surface area contributed by atoms with E-state index in [1.165, 1.54) is 4.88 Å². The molecule has 6 nitrogen and oxygen atoms in total. The van der Waals surface area contributed by atoms with Crippen LogP contribution in [0.1, 0.15) is 29.3 Å². The zero-order chi connectivity index (χ0) is 22.8. The number of urea groups is 1. The molecule has 1 aliphatic heterocycles. The number of carbonyl (C=O) groups excluding carboxylic acids is 1. The SMILES string of the molecule is CC1=C(c2nc(-c3ccc(Cl)cc3)no2)C(c2ccccc2)NC(=O)N1CCc1cccs1. The van der Waals surface area contributed by atoms with E-state index in [0.717, 1.165) is 28.8 Å². The largest absolute Gasteiger partial charge is 0.334 e. The summed E-state index contributed by atoms with van der Waals surface area (Å²) < 4.78 is 5.72. The summed E-state index contributed by atoms with van der Waals surface area (Å²) in [6, 6.07) is 20.7. The number of aromatic nitrogens is 2. The molecule has 0 bridgehead atoms. The number of rotatable bonds is 6. The summed E-state index contributed by atoms with van der Waals surface area (Å²) in [5.74, 6) is 0.850. The number of benzene rings is 2. The molecule has 33 heavy (non-hydrogen) atoms. The molecule has 2 amide bonds. The van der Waals surface area contributed by atoms with E-state index < -0.39 is 6.04 Å². The van der Waals surface area contributed by atoms with Gasteiger partial charge >= 0.3 is 6.03 Å². The molecule has 0 saturated heterocycles. The molecular weight excluding hydrogens is 456 g/mol. The highest BCUT2D eigenvalue weighted by molar-refractivity contribution is 7.09. The number of hydrogen-bond donors (Lipinski definition) is 1. The van der Waals surface area contributed by atoms with Crippen molar-refractivity contribution in [1.82, 2.24) is 20.4 Å². The first-order chi connectivity index (χ1) is 16.1. The fourth-order valence-corrected chi connectivity index (χ4v) is 4.77. The Balaban J connectivity index is 1.54. The van der Waals surface area contributed by atoms with Crippen LogP contribution in [0.5, 0.6) is 0 Å². The van der Waals surface area contributed by atoms with Crippen molar-refractivity contribution in [1.29, 1.82) is 0 Å². The molecule has 5 rings (SSSR count). The average molecular weight is 477 g/mol. The summed E-state index contributed by atoms with van der Waals surface area (Å²) >= 11 is 7.70. The van der Waals surface area contributed by atoms with Crippen LogP contribution in [-0.4, -0.2) is 27.6 Å². The van der Waals surface area contributed by atoms with Gasteiger partial charge in [-0.15, -0.1) is 11.3 Å². The van der Waals surface area contributed by atoms with E-state index in [4.69, 9.17) is 16.1 Å². The van der Waals surface area contributed by atoms with Gasteiger partial charge in [-0.25, -0.2) is 4.79 Å². The van der Waals surface area contributed by atoms with Crippen molar-refractivity contribution in [2.45, 2.75) is 19.4 Å². The van der Waals surface area contributed by atoms with E-state index in [9.17, 15) is 4.79 Å². The first-order valence-corrected chi connectivity index (χ1v) is 11.8. The minimum atomic E-state index is -0.393. The Morgan fingerprint density at radius 2 is 1.88 bits per heavy atom. The number of halogens is 1. The van der Waals surface area contributed by atoms with Crippen molar-refractivity contribution >= 4 is 34.5 Å². The van der Waals surface area contributed by atoms with E-state index in [1.54, 1.807) is 28.4 Å². The monoisotopic (exact) mass is 476 g/mol. The summed E-state index contributed by atoms with van der Waals surface area (Å²) in [6.45, 7) is 2.49. The first-order valence-electron chi connectivity index (χ1n) is 10.6. The highest BCUT2D eigenvalue weighted by Gasteiger charge is 2.35. The normalized spacial score (nSPS) is 16.2. The molecule has 1 aliphatic rings. The minimum Gasteiger partial charge on any atom is -0.334 e. The van der Waals surface area contributed by atoms with Gasteiger partial charge in [-0.05, 0) is 54.6 Å². The Bertz CT molecular complexity index is 1280. The molecule has 1 atom stereocenters. The maximum Gasteiger partial charge on any atom is 0.322 e. The molecule has 0 aliphatic carbocycles. The summed E-state index contributed by atoms with van der Waals surface area (Å²) in [5, 5.41) is 10.0. The van der Waals surface area contributed by atoms with Crippen molar-refractivity contribution in [3.63, 3.8) is 0 Å². The lowest BCUT2D eigenvalue weighted by Crippen LogP contribution is -2.46. The zero-order valence-corrected chi connectivity index (χ0v) is 19.4. The third-order valence-electron chi connectivity index (χ3n) is 5.65. The Morgan fingerprint density at radius 3 is 2.61 bits per heavy atom. The van der Waals surface area contributed by atoms with Gasteiger partial charge in [0.25, 0.3) is 5.89 Å². The topological polar surface area (TPSA) is 71.3 Å². The first kappa shape index (κ1) is 21.4. The minimum absolute atomic E-state index is 0.140. The third kappa shape index (κ3) is 4.42. The molecule has 1 unspecified atom stereocenters. The highest BCUT2D eigenvalue weighted by atomic mass is 35.5. The number of nitrogens with zero attached hydrogens (tertiary/aromatic N) is 3. The van der Waals surface area contributed by atoms with E-state index in [0.29, 0.717) is 23.3 Å². The van der Waals surface area contributed by atoms with Crippen LogP contribution in [0.25, 0.3) is 17.0 Å². The predicted molar refractivity (Wildman–Crippen MR) is 130 cm³/mol. The van der Waals surface area contributed by atoms with Crippen LogP contribution in [0.2, 0.25) is 5.02 Å². The lowest BCUT2D eigenvalue weighted by atomic mass is 9.94.